The number of fused-ring (bicyclic) bond motifs is 1. The lowest BCUT2D eigenvalue weighted by molar-refractivity contribution is -0.130. The second-order valence-electron chi connectivity index (χ2n) is 8.16. The SMILES string of the molecule is COc1cc(OC)c2c(c1Cl)O[C@@]1(C(=O)C3=C(C[C@H]1C)O[C@@H](c1ccc(F)cc1)C3)C2=O. The van der Waals surface area contributed by atoms with E-state index in [4.69, 9.17) is 30.5 Å². The number of ether oxygens (including phenoxy) is 4. The summed E-state index contributed by atoms with van der Waals surface area (Å²) in [6, 6.07) is 7.47. The number of ketones is 2. The van der Waals surface area contributed by atoms with Gasteiger partial charge in [-0.25, -0.2) is 4.39 Å². The van der Waals surface area contributed by atoms with E-state index in [9.17, 15) is 14.0 Å². The normalized spacial score (nSPS) is 26.0. The van der Waals surface area contributed by atoms with Crippen molar-refractivity contribution in [2.45, 2.75) is 31.5 Å². The number of methoxy groups -OCH3 is 2. The molecule has 5 rings (SSSR count). The van der Waals surface area contributed by atoms with Crippen LogP contribution in [0.3, 0.4) is 0 Å². The van der Waals surface area contributed by atoms with Gasteiger partial charge in [0, 0.05) is 30.4 Å². The fourth-order valence-corrected chi connectivity index (χ4v) is 5.05. The highest BCUT2D eigenvalue weighted by Gasteiger charge is 2.63. The maximum atomic E-state index is 13.8. The fraction of sp³-hybridized carbons (Fsp3) is 0.333. The van der Waals surface area contributed by atoms with E-state index in [1.165, 1.54) is 32.4 Å². The Morgan fingerprint density at radius 3 is 2.41 bits per heavy atom. The first kappa shape index (κ1) is 20.8. The van der Waals surface area contributed by atoms with E-state index in [-0.39, 0.29) is 40.1 Å². The number of Topliss-reactive ketones (excluding diaryl/α,β-unsaturated/α-hetero) is 2. The molecule has 0 unspecified atom stereocenters. The lowest BCUT2D eigenvalue weighted by Crippen LogP contribution is -2.56. The quantitative estimate of drug-likeness (QED) is 0.613. The molecule has 2 heterocycles. The van der Waals surface area contributed by atoms with Gasteiger partial charge in [-0.05, 0) is 17.7 Å². The molecule has 2 aromatic rings. The van der Waals surface area contributed by atoms with Crippen LogP contribution in [0.15, 0.2) is 41.7 Å². The third-order valence-electron chi connectivity index (χ3n) is 6.47. The van der Waals surface area contributed by atoms with Crippen LogP contribution in [0.25, 0.3) is 0 Å². The molecule has 0 radical (unpaired) electrons. The largest absolute Gasteiger partial charge is 0.496 e. The minimum atomic E-state index is -1.74. The fourth-order valence-electron chi connectivity index (χ4n) is 4.78. The highest BCUT2D eigenvalue weighted by molar-refractivity contribution is 6.36. The molecule has 2 aliphatic heterocycles. The van der Waals surface area contributed by atoms with Gasteiger partial charge in [0.2, 0.25) is 17.2 Å². The molecule has 6 nitrogen and oxygen atoms in total. The molecule has 0 saturated heterocycles. The standard InChI is InChI=1S/C24H20ClFO6/c1-11-8-16-14(9-15(31-16)12-4-6-13(26)7-5-12)22(27)24(11)23(28)19-17(29-2)10-18(30-3)20(25)21(19)32-24/h4-7,10-11,15H,8-9H2,1-3H3/t11-,15-,24+/m1/s1. The summed E-state index contributed by atoms with van der Waals surface area (Å²) in [6.45, 7) is 1.78. The maximum Gasteiger partial charge on any atom is 0.236 e. The van der Waals surface area contributed by atoms with E-state index in [1.807, 2.05) is 0 Å². The van der Waals surface area contributed by atoms with Crippen LogP contribution >= 0.6 is 11.6 Å². The first-order chi connectivity index (χ1) is 15.3. The molecule has 3 aliphatic rings. The first-order valence-corrected chi connectivity index (χ1v) is 10.6. The van der Waals surface area contributed by atoms with Crippen LogP contribution in [-0.4, -0.2) is 31.4 Å². The summed E-state index contributed by atoms with van der Waals surface area (Å²) in [5.41, 5.74) is -0.435. The molecule has 2 aromatic carbocycles. The highest BCUT2D eigenvalue weighted by Crippen LogP contribution is 2.55. The second kappa shape index (κ2) is 7.24. The van der Waals surface area contributed by atoms with Crippen molar-refractivity contribution in [3.63, 3.8) is 0 Å². The Morgan fingerprint density at radius 2 is 1.75 bits per heavy atom. The zero-order chi connectivity index (χ0) is 22.8. The molecule has 166 valence electrons. The van der Waals surface area contributed by atoms with E-state index >= 15 is 0 Å². The van der Waals surface area contributed by atoms with Crippen LogP contribution < -0.4 is 14.2 Å². The topological polar surface area (TPSA) is 71.1 Å². The molecule has 32 heavy (non-hydrogen) atoms. The van der Waals surface area contributed by atoms with Gasteiger partial charge in [-0.1, -0.05) is 30.7 Å². The smallest absolute Gasteiger partial charge is 0.236 e. The number of allylic oxidation sites excluding steroid dienone is 1. The maximum absolute atomic E-state index is 13.8. The van der Waals surface area contributed by atoms with Crippen LogP contribution in [0.5, 0.6) is 17.2 Å². The van der Waals surface area contributed by atoms with Crippen molar-refractivity contribution in [3.8, 4) is 17.2 Å². The number of carbonyl (C=O) groups is 2. The van der Waals surface area contributed by atoms with Gasteiger partial charge in [-0.3, -0.25) is 9.59 Å². The van der Waals surface area contributed by atoms with Gasteiger partial charge in [0.1, 0.15) is 39.8 Å². The Bertz CT molecular complexity index is 1190. The van der Waals surface area contributed by atoms with Gasteiger partial charge in [-0.2, -0.15) is 0 Å². The minimum absolute atomic E-state index is 0.0890. The number of halogens is 2. The zero-order valence-electron chi connectivity index (χ0n) is 17.7. The van der Waals surface area contributed by atoms with Gasteiger partial charge < -0.3 is 18.9 Å². The van der Waals surface area contributed by atoms with Crippen LogP contribution in [-0.2, 0) is 9.53 Å². The van der Waals surface area contributed by atoms with Gasteiger partial charge in [-0.15, -0.1) is 0 Å². The molecular weight excluding hydrogens is 439 g/mol. The summed E-state index contributed by atoms with van der Waals surface area (Å²) in [5.74, 6) is -0.628. The van der Waals surface area contributed by atoms with E-state index in [0.717, 1.165) is 5.56 Å². The van der Waals surface area contributed by atoms with Crippen molar-refractivity contribution in [2.75, 3.05) is 14.2 Å². The van der Waals surface area contributed by atoms with E-state index in [1.54, 1.807) is 19.1 Å². The molecule has 1 spiro atoms. The predicted molar refractivity (Wildman–Crippen MR) is 113 cm³/mol. The number of carbonyl (C=O) groups excluding carboxylic acids is 2. The molecular formula is C24H20ClFO6. The van der Waals surface area contributed by atoms with Crippen molar-refractivity contribution < 1.29 is 32.9 Å². The highest BCUT2D eigenvalue weighted by atomic mass is 35.5. The average Bonchev–Trinajstić information content (AvgIpc) is 3.34. The van der Waals surface area contributed by atoms with Crippen molar-refractivity contribution in [2.24, 2.45) is 5.92 Å². The summed E-state index contributed by atoms with van der Waals surface area (Å²) in [4.78, 5) is 27.4. The third-order valence-corrected chi connectivity index (χ3v) is 6.83. The van der Waals surface area contributed by atoms with Gasteiger partial charge >= 0.3 is 0 Å². The van der Waals surface area contributed by atoms with Crippen LogP contribution in [0.4, 0.5) is 4.39 Å². The lowest BCUT2D eigenvalue weighted by Gasteiger charge is -2.35. The second-order valence-corrected chi connectivity index (χ2v) is 8.54. The Labute approximate surface area is 188 Å². The van der Waals surface area contributed by atoms with Crippen molar-refractivity contribution in [1.82, 2.24) is 0 Å². The Hall–Kier alpha value is -3.06. The number of rotatable bonds is 3. The number of hydrogen-bond acceptors (Lipinski definition) is 6. The molecule has 8 heteroatoms. The Morgan fingerprint density at radius 1 is 1.06 bits per heavy atom. The summed E-state index contributed by atoms with van der Waals surface area (Å²) in [7, 11) is 2.86. The van der Waals surface area contributed by atoms with Crippen molar-refractivity contribution in [3.05, 3.63) is 63.6 Å². The Kier molecular flexibility index (Phi) is 4.71. The first-order valence-electron chi connectivity index (χ1n) is 10.2. The predicted octanol–water partition coefficient (Wildman–Crippen LogP) is 4.83. The Balaban J connectivity index is 1.54. The molecule has 1 aliphatic carbocycles. The van der Waals surface area contributed by atoms with Crippen molar-refractivity contribution >= 4 is 23.2 Å². The molecule has 0 aromatic heterocycles. The van der Waals surface area contributed by atoms with Gasteiger partial charge in [0.15, 0.2) is 5.75 Å². The molecule has 3 atom stereocenters. The van der Waals surface area contributed by atoms with Gasteiger partial charge in [0.05, 0.1) is 14.2 Å². The molecule has 0 fully saturated rings. The number of hydrogen-bond donors (Lipinski definition) is 0. The molecule has 0 amide bonds. The molecule has 0 N–H and O–H groups in total. The number of benzene rings is 2. The van der Waals surface area contributed by atoms with E-state index in [2.05, 4.69) is 0 Å². The molecule has 0 bridgehead atoms. The summed E-state index contributed by atoms with van der Waals surface area (Å²) >= 11 is 6.44. The van der Waals surface area contributed by atoms with E-state index in [0.29, 0.717) is 17.8 Å². The summed E-state index contributed by atoms with van der Waals surface area (Å²) < 4.78 is 36.1. The summed E-state index contributed by atoms with van der Waals surface area (Å²) in [5, 5.41) is 0.111. The average molecular weight is 459 g/mol. The van der Waals surface area contributed by atoms with Crippen LogP contribution in [0.2, 0.25) is 5.02 Å². The van der Waals surface area contributed by atoms with Gasteiger partial charge in [0.25, 0.3) is 0 Å². The lowest BCUT2D eigenvalue weighted by atomic mass is 9.71. The monoisotopic (exact) mass is 458 g/mol. The van der Waals surface area contributed by atoms with Crippen molar-refractivity contribution in [1.29, 1.82) is 0 Å². The third kappa shape index (κ3) is 2.70. The van der Waals surface area contributed by atoms with Crippen LogP contribution in [0, 0.1) is 11.7 Å². The van der Waals surface area contributed by atoms with E-state index < -0.39 is 29.2 Å². The zero-order valence-corrected chi connectivity index (χ0v) is 18.4. The molecule has 0 saturated carbocycles. The summed E-state index contributed by atoms with van der Waals surface area (Å²) in [6.07, 6.45) is 0.189. The minimum Gasteiger partial charge on any atom is -0.496 e. The van der Waals surface area contributed by atoms with Crippen LogP contribution in [0.1, 0.15) is 41.8 Å².